The predicted molar refractivity (Wildman–Crippen MR) is 70.1 cm³/mol. The molecule has 20 heavy (non-hydrogen) atoms. The zero-order chi connectivity index (χ0) is 14.1. The molecule has 0 radical (unpaired) electrons. The Kier molecular flexibility index (Phi) is 3.06. The largest absolute Gasteiger partial charge is 0.476 e. The molecule has 0 spiro atoms. The van der Waals surface area contributed by atoms with Crippen LogP contribution in [0.4, 0.5) is 10.2 Å². The van der Waals surface area contributed by atoms with E-state index < -0.39 is 5.97 Å². The summed E-state index contributed by atoms with van der Waals surface area (Å²) < 4.78 is 13.6. The highest BCUT2D eigenvalue weighted by molar-refractivity contribution is 5.84. The SMILES string of the molecule is O=C(O)c1cnc(N[C@H]2CCc3c(F)cccc32)cn1. The van der Waals surface area contributed by atoms with Crippen LogP contribution in [0.15, 0.2) is 30.6 Å². The lowest BCUT2D eigenvalue weighted by Gasteiger charge is -2.14. The van der Waals surface area contributed by atoms with Crippen molar-refractivity contribution in [3.8, 4) is 0 Å². The summed E-state index contributed by atoms with van der Waals surface area (Å²) in [6.45, 7) is 0. The Morgan fingerprint density at radius 2 is 2.20 bits per heavy atom. The van der Waals surface area contributed by atoms with Gasteiger partial charge in [-0.1, -0.05) is 12.1 Å². The zero-order valence-electron chi connectivity index (χ0n) is 10.5. The molecule has 1 atom stereocenters. The lowest BCUT2D eigenvalue weighted by atomic mass is 10.1. The topological polar surface area (TPSA) is 75.1 Å². The fourth-order valence-corrected chi connectivity index (χ4v) is 2.45. The Hall–Kier alpha value is -2.50. The number of hydrogen-bond acceptors (Lipinski definition) is 4. The molecule has 0 saturated carbocycles. The molecule has 0 fully saturated rings. The van der Waals surface area contributed by atoms with Gasteiger partial charge in [-0.3, -0.25) is 0 Å². The first kappa shape index (κ1) is 12.5. The molecule has 0 bridgehead atoms. The van der Waals surface area contributed by atoms with Gasteiger partial charge >= 0.3 is 5.97 Å². The Morgan fingerprint density at radius 3 is 2.90 bits per heavy atom. The smallest absolute Gasteiger partial charge is 0.356 e. The fourth-order valence-electron chi connectivity index (χ4n) is 2.45. The summed E-state index contributed by atoms with van der Waals surface area (Å²) in [6.07, 6.45) is 4.03. The van der Waals surface area contributed by atoms with Gasteiger partial charge in [-0.25, -0.2) is 19.2 Å². The van der Waals surface area contributed by atoms with Crippen LogP contribution >= 0.6 is 0 Å². The number of halogens is 1. The minimum atomic E-state index is -1.11. The Labute approximate surface area is 114 Å². The molecule has 2 aromatic rings. The van der Waals surface area contributed by atoms with Gasteiger partial charge in [0.15, 0.2) is 5.69 Å². The van der Waals surface area contributed by atoms with Crippen LogP contribution in [0.2, 0.25) is 0 Å². The molecule has 1 aromatic heterocycles. The molecular formula is C14H12FN3O2. The van der Waals surface area contributed by atoms with Gasteiger partial charge in [0.2, 0.25) is 0 Å². The Morgan fingerprint density at radius 1 is 1.35 bits per heavy atom. The highest BCUT2D eigenvalue weighted by atomic mass is 19.1. The number of aromatic nitrogens is 2. The number of benzene rings is 1. The van der Waals surface area contributed by atoms with E-state index in [1.165, 1.54) is 18.5 Å². The summed E-state index contributed by atoms with van der Waals surface area (Å²) in [5.41, 5.74) is 1.56. The Balaban J connectivity index is 1.80. The molecular weight excluding hydrogens is 261 g/mol. The van der Waals surface area contributed by atoms with E-state index in [2.05, 4.69) is 15.3 Å². The third-order valence-corrected chi connectivity index (χ3v) is 3.41. The van der Waals surface area contributed by atoms with Crippen molar-refractivity contribution in [2.24, 2.45) is 0 Å². The van der Waals surface area contributed by atoms with Crippen LogP contribution in [0.5, 0.6) is 0 Å². The van der Waals surface area contributed by atoms with Gasteiger partial charge in [0, 0.05) is 0 Å². The number of carbonyl (C=O) groups is 1. The van der Waals surface area contributed by atoms with Crippen LogP contribution in [0.3, 0.4) is 0 Å². The number of hydrogen-bond donors (Lipinski definition) is 2. The van der Waals surface area contributed by atoms with Crippen molar-refractivity contribution >= 4 is 11.8 Å². The maximum absolute atomic E-state index is 13.6. The zero-order valence-corrected chi connectivity index (χ0v) is 10.5. The van der Waals surface area contributed by atoms with E-state index >= 15 is 0 Å². The second kappa shape index (κ2) is 4.88. The van der Waals surface area contributed by atoms with E-state index in [1.807, 2.05) is 6.07 Å². The van der Waals surface area contributed by atoms with Crippen molar-refractivity contribution in [2.75, 3.05) is 5.32 Å². The average Bonchev–Trinajstić information content (AvgIpc) is 2.84. The first-order valence-electron chi connectivity index (χ1n) is 6.24. The maximum atomic E-state index is 13.6. The van der Waals surface area contributed by atoms with Crippen LogP contribution in [0, 0.1) is 5.82 Å². The van der Waals surface area contributed by atoms with E-state index in [-0.39, 0.29) is 17.6 Å². The summed E-state index contributed by atoms with van der Waals surface area (Å²) in [5, 5.41) is 11.9. The van der Waals surface area contributed by atoms with Crippen molar-refractivity contribution in [3.05, 3.63) is 53.2 Å². The van der Waals surface area contributed by atoms with Crippen LogP contribution in [0.25, 0.3) is 0 Å². The van der Waals surface area contributed by atoms with Gasteiger partial charge in [-0.15, -0.1) is 0 Å². The molecule has 6 heteroatoms. The monoisotopic (exact) mass is 273 g/mol. The summed E-state index contributed by atoms with van der Waals surface area (Å²) >= 11 is 0. The first-order valence-corrected chi connectivity index (χ1v) is 6.24. The third-order valence-electron chi connectivity index (χ3n) is 3.41. The van der Waals surface area contributed by atoms with Crippen molar-refractivity contribution in [1.82, 2.24) is 9.97 Å². The summed E-state index contributed by atoms with van der Waals surface area (Å²) in [5.74, 6) is -0.812. The summed E-state index contributed by atoms with van der Waals surface area (Å²) in [4.78, 5) is 18.5. The molecule has 1 heterocycles. The molecule has 3 rings (SSSR count). The standard InChI is InChI=1S/C14H12FN3O2/c15-10-3-1-2-9-8(10)4-5-11(9)18-13-7-16-12(6-17-13)14(19)20/h1-3,6-7,11H,4-5H2,(H,17,18)(H,19,20)/t11-/m0/s1. The predicted octanol–water partition coefficient (Wildman–Crippen LogP) is 2.41. The average molecular weight is 273 g/mol. The molecule has 1 aliphatic carbocycles. The highest BCUT2D eigenvalue weighted by Crippen LogP contribution is 2.34. The minimum Gasteiger partial charge on any atom is -0.476 e. The van der Waals surface area contributed by atoms with E-state index in [0.717, 1.165) is 17.5 Å². The molecule has 0 aliphatic heterocycles. The number of nitrogens with one attached hydrogen (secondary N) is 1. The number of rotatable bonds is 3. The number of fused-ring (bicyclic) bond motifs is 1. The summed E-state index contributed by atoms with van der Waals surface area (Å²) in [6, 6.07) is 5.02. The fraction of sp³-hybridized carbons (Fsp3) is 0.214. The van der Waals surface area contributed by atoms with Gasteiger partial charge in [-0.2, -0.15) is 0 Å². The number of aromatic carboxylic acids is 1. The summed E-state index contributed by atoms with van der Waals surface area (Å²) in [7, 11) is 0. The molecule has 0 unspecified atom stereocenters. The second-order valence-corrected chi connectivity index (χ2v) is 4.64. The van der Waals surface area contributed by atoms with Crippen molar-refractivity contribution in [2.45, 2.75) is 18.9 Å². The lowest BCUT2D eigenvalue weighted by molar-refractivity contribution is 0.0690. The molecule has 0 amide bonds. The molecule has 0 saturated heterocycles. The van der Waals surface area contributed by atoms with Gasteiger partial charge in [0.25, 0.3) is 0 Å². The van der Waals surface area contributed by atoms with Crippen LogP contribution in [-0.2, 0) is 6.42 Å². The van der Waals surface area contributed by atoms with Crippen molar-refractivity contribution < 1.29 is 14.3 Å². The normalized spacial score (nSPS) is 16.8. The van der Waals surface area contributed by atoms with E-state index in [0.29, 0.717) is 12.2 Å². The molecule has 102 valence electrons. The Bertz CT molecular complexity index is 658. The van der Waals surface area contributed by atoms with Crippen molar-refractivity contribution in [3.63, 3.8) is 0 Å². The number of nitrogens with zero attached hydrogens (tertiary/aromatic N) is 2. The quantitative estimate of drug-likeness (QED) is 0.898. The van der Waals surface area contributed by atoms with Gasteiger partial charge in [-0.05, 0) is 30.0 Å². The molecule has 5 nitrogen and oxygen atoms in total. The highest BCUT2D eigenvalue weighted by Gasteiger charge is 2.25. The van der Waals surface area contributed by atoms with Gasteiger partial charge in [0.1, 0.15) is 11.6 Å². The van der Waals surface area contributed by atoms with E-state index in [4.69, 9.17) is 5.11 Å². The molecule has 1 aliphatic rings. The van der Waals surface area contributed by atoms with Crippen LogP contribution in [0.1, 0.15) is 34.1 Å². The minimum absolute atomic E-state index is 0.0225. The van der Waals surface area contributed by atoms with Crippen LogP contribution < -0.4 is 5.32 Å². The second-order valence-electron chi connectivity index (χ2n) is 4.64. The van der Waals surface area contributed by atoms with E-state index in [9.17, 15) is 9.18 Å². The molecule has 2 N–H and O–H groups in total. The van der Waals surface area contributed by atoms with Gasteiger partial charge < -0.3 is 10.4 Å². The number of anilines is 1. The van der Waals surface area contributed by atoms with E-state index in [1.54, 1.807) is 6.07 Å². The number of carboxylic acid groups (broad SMARTS) is 1. The van der Waals surface area contributed by atoms with Gasteiger partial charge in [0.05, 0.1) is 18.4 Å². The lowest BCUT2D eigenvalue weighted by Crippen LogP contribution is -2.10. The number of carboxylic acids is 1. The van der Waals surface area contributed by atoms with Crippen molar-refractivity contribution in [1.29, 1.82) is 0 Å². The molecule has 1 aromatic carbocycles. The first-order chi connectivity index (χ1) is 9.65. The maximum Gasteiger partial charge on any atom is 0.356 e. The van der Waals surface area contributed by atoms with Crippen LogP contribution in [-0.4, -0.2) is 21.0 Å². The third kappa shape index (κ3) is 2.20.